The Morgan fingerprint density at radius 2 is 1.88 bits per heavy atom. The van der Waals surface area contributed by atoms with Gasteiger partial charge in [0.25, 0.3) is 11.8 Å². The number of nitrogens with one attached hydrogen (secondary N) is 3. The van der Waals surface area contributed by atoms with E-state index in [9.17, 15) is 9.59 Å². The Labute approximate surface area is 147 Å². The molecule has 0 saturated heterocycles. The van der Waals surface area contributed by atoms with E-state index in [1.54, 1.807) is 31.3 Å². The highest BCUT2D eigenvalue weighted by atomic mass is 79.9. The van der Waals surface area contributed by atoms with Crippen molar-refractivity contribution in [3.05, 3.63) is 63.8 Å². The Morgan fingerprint density at radius 1 is 1.08 bits per heavy atom. The van der Waals surface area contributed by atoms with Gasteiger partial charge in [0.1, 0.15) is 5.69 Å². The maximum atomic E-state index is 12.5. The fraction of sp³-hybridized carbons (Fsp3) is 0.111. The number of aromatic amines is 1. The van der Waals surface area contributed by atoms with Gasteiger partial charge in [-0.25, -0.2) is 0 Å². The summed E-state index contributed by atoms with van der Waals surface area (Å²) in [6.07, 6.45) is 0. The molecule has 3 aromatic rings. The van der Waals surface area contributed by atoms with Crippen LogP contribution in [0.25, 0.3) is 10.9 Å². The number of anilines is 1. The van der Waals surface area contributed by atoms with Gasteiger partial charge in [-0.1, -0.05) is 28.1 Å². The first kappa shape index (κ1) is 16.3. The maximum absolute atomic E-state index is 12.5. The molecule has 0 spiro atoms. The molecule has 0 unspecified atom stereocenters. The number of fused-ring (bicyclic) bond motifs is 1. The molecular weight excluding hydrogens is 370 g/mol. The molecular formula is C18H16BrN3O2. The van der Waals surface area contributed by atoms with Crippen molar-refractivity contribution in [2.75, 3.05) is 12.4 Å². The number of halogens is 1. The summed E-state index contributed by atoms with van der Waals surface area (Å²) in [5.41, 5.74) is 3.22. The second-order valence-corrected chi connectivity index (χ2v) is 6.34. The molecule has 0 fully saturated rings. The fourth-order valence-electron chi connectivity index (χ4n) is 2.56. The molecule has 3 rings (SSSR count). The van der Waals surface area contributed by atoms with Crippen molar-refractivity contribution in [1.29, 1.82) is 0 Å². The van der Waals surface area contributed by atoms with Crippen molar-refractivity contribution in [1.82, 2.24) is 10.3 Å². The van der Waals surface area contributed by atoms with Gasteiger partial charge >= 0.3 is 0 Å². The van der Waals surface area contributed by atoms with Crippen molar-refractivity contribution in [3.8, 4) is 0 Å². The van der Waals surface area contributed by atoms with Gasteiger partial charge in [-0.15, -0.1) is 0 Å². The number of aromatic nitrogens is 1. The van der Waals surface area contributed by atoms with E-state index in [1.807, 2.05) is 25.1 Å². The smallest absolute Gasteiger partial charge is 0.272 e. The monoisotopic (exact) mass is 385 g/mol. The van der Waals surface area contributed by atoms with E-state index in [-0.39, 0.29) is 11.8 Å². The van der Waals surface area contributed by atoms with Gasteiger partial charge in [0.05, 0.1) is 0 Å². The highest BCUT2D eigenvalue weighted by Gasteiger charge is 2.14. The molecule has 0 radical (unpaired) electrons. The number of hydrogen-bond donors (Lipinski definition) is 3. The molecule has 0 aliphatic carbocycles. The lowest BCUT2D eigenvalue weighted by Gasteiger charge is -2.11. The maximum Gasteiger partial charge on any atom is 0.272 e. The Balaban J connectivity index is 1.90. The van der Waals surface area contributed by atoms with Crippen LogP contribution in [0.4, 0.5) is 5.69 Å². The predicted octanol–water partition coefficient (Wildman–Crippen LogP) is 3.85. The van der Waals surface area contributed by atoms with Crippen molar-refractivity contribution in [2.45, 2.75) is 6.92 Å². The summed E-state index contributed by atoms with van der Waals surface area (Å²) in [6, 6.07) is 12.8. The number of rotatable bonds is 3. The van der Waals surface area contributed by atoms with Crippen molar-refractivity contribution < 1.29 is 9.59 Å². The minimum atomic E-state index is -0.250. The van der Waals surface area contributed by atoms with Crippen LogP contribution in [-0.2, 0) is 0 Å². The Morgan fingerprint density at radius 3 is 2.62 bits per heavy atom. The second kappa shape index (κ2) is 6.49. The first-order chi connectivity index (χ1) is 11.5. The summed E-state index contributed by atoms with van der Waals surface area (Å²) in [7, 11) is 1.58. The molecule has 2 aromatic carbocycles. The van der Waals surface area contributed by atoms with Crippen molar-refractivity contribution in [2.24, 2.45) is 0 Å². The number of benzene rings is 2. The van der Waals surface area contributed by atoms with E-state index < -0.39 is 0 Å². The molecule has 6 heteroatoms. The average molecular weight is 386 g/mol. The van der Waals surface area contributed by atoms with Gasteiger partial charge in [0.2, 0.25) is 0 Å². The molecule has 0 aliphatic rings. The molecule has 24 heavy (non-hydrogen) atoms. The minimum Gasteiger partial charge on any atom is -0.355 e. The topological polar surface area (TPSA) is 74.0 Å². The summed E-state index contributed by atoms with van der Waals surface area (Å²) in [5.74, 6) is -0.432. The molecule has 122 valence electrons. The first-order valence-electron chi connectivity index (χ1n) is 7.41. The van der Waals surface area contributed by atoms with Crippen LogP contribution >= 0.6 is 15.9 Å². The largest absolute Gasteiger partial charge is 0.355 e. The molecule has 2 amide bonds. The van der Waals surface area contributed by atoms with Crippen LogP contribution in [0.15, 0.2) is 46.9 Å². The van der Waals surface area contributed by atoms with Crippen LogP contribution in [0.1, 0.15) is 26.4 Å². The Bertz CT molecular complexity index is 947. The SMILES string of the molecule is CNC(=O)c1cccc(NC(=O)c2cc3ccc(Br)cc3[nH]2)c1C. The van der Waals surface area contributed by atoms with Crippen LogP contribution in [-0.4, -0.2) is 23.8 Å². The lowest BCUT2D eigenvalue weighted by atomic mass is 10.1. The van der Waals surface area contributed by atoms with Gasteiger partial charge in [-0.3, -0.25) is 9.59 Å². The van der Waals surface area contributed by atoms with E-state index in [2.05, 4.69) is 31.5 Å². The highest BCUT2D eigenvalue weighted by Crippen LogP contribution is 2.23. The van der Waals surface area contributed by atoms with E-state index >= 15 is 0 Å². The zero-order valence-corrected chi connectivity index (χ0v) is 14.8. The molecule has 5 nitrogen and oxygen atoms in total. The average Bonchev–Trinajstić information content (AvgIpc) is 2.99. The van der Waals surface area contributed by atoms with Gasteiger partial charge in [-0.05, 0) is 42.8 Å². The highest BCUT2D eigenvalue weighted by molar-refractivity contribution is 9.10. The van der Waals surface area contributed by atoms with Gasteiger partial charge in [-0.2, -0.15) is 0 Å². The van der Waals surface area contributed by atoms with Crippen LogP contribution in [0.3, 0.4) is 0 Å². The van der Waals surface area contributed by atoms with Gasteiger partial charge < -0.3 is 15.6 Å². The summed E-state index contributed by atoms with van der Waals surface area (Å²) in [4.78, 5) is 27.5. The van der Waals surface area contributed by atoms with Crippen LogP contribution in [0, 0.1) is 6.92 Å². The van der Waals surface area contributed by atoms with Crippen LogP contribution in [0.2, 0.25) is 0 Å². The quantitative estimate of drug-likeness (QED) is 0.640. The van der Waals surface area contributed by atoms with E-state index in [0.717, 1.165) is 20.9 Å². The van der Waals surface area contributed by atoms with Crippen molar-refractivity contribution in [3.63, 3.8) is 0 Å². The third kappa shape index (κ3) is 3.05. The van der Waals surface area contributed by atoms with Gasteiger partial charge in [0, 0.05) is 33.7 Å². The fourth-order valence-corrected chi connectivity index (χ4v) is 2.92. The number of H-pyrrole nitrogens is 1. The minimum absolute atomic E-state index is 0.181. The molecule has 0 aliphatic heterocycles. The number of carbonyl (C=O) groups excluding carboxylic acids is 2. The number of hydrogen-bond acceptors (Lipinski definition) is 2. The molecule has 3 N–H and O–H groups in total. The summed E-state index contributed by atoms with van der Waals surface area (Å²) in [5, 5.41) is 6.41. The molecule has 1 aromatic heterocycles. The predicted molar refractivity (Wildman–Crippen MR) is 98.5 cm³/mol. The molecule has 1 heterocycles. The van der Waals surface area contributed by atoms with Crippen LogP contribution in [0.5, 0.6) is 0 Å². The Hall–Kier alpha value is -2.60. The third-order valence-corrected chi connectivity index (χ3v) is 4.38. The Kier molecular flexibility index (Phi) is 4.40. The lowest BCUT2D eigenvalue weighted by molar-refractivity contribution is 0.0960. The van der Waals surface area contributed by atoms with Crippen molar-refractivity contribution >= 4 is 44.3 Å². The number of carbonyl (C=O) groups is 2. The number of amides is 2. The molecule has 0 atom stereocenters. The molecule has 0 saturated carbocycles. The normalized spacial score (nSPS) is 10.6. The first-order valence-corrected chi connectivity index (χ1v) is 8.20. The van der Waals surface area contributed by atoms with E-state index in [0.29, 0.717) is 16.9 Å². The summed E-state index contributed by atoms with van der Waals surface area (Å²) in [6.45, 7) is 1.81. The molecule has 0 bridgehead atoms. The van der Waals surface area contributed by atoms with E-state index in [1.165, 1.54) is 0 Å². The summed E-state index contributed by atoms with van der Waals surface area (Å²) >= 11 is 3.41. The standard InChI is InChI=1S/C18H16BrN3O2/c1-10-13(17(23)20-2)4-3-5-14(10)22-18(24)16-8-11-6-7-12(19)9-15(11)21-16/h3-9,21H,1-2H3,(H,20,23)(H,22,24). The third-order valence-electron chi connectivity index (χ3n) is 3.88. The van der Waals surface area contributed by atoms with Crippen LogP contribution < -0.4 is 10.6 Å². The lowest BCUT2D eigenvalue weighted by Crippen LogP contribution is -2.20. The summed E-state index contributed by atoms with van der Waals surface area (Å²) < 4.78 is 0.943. The zero-order valence-electron chi connectivity index (χ0n) is 13.2. The van der Waals surface area contributed by atoms with Gasteiger partial charge in [0.15, 0.2) is 0 Å². The zero-order chi connectivity index (χ0) is 17.3. The van der Waals surface area contributed by atoms with E-state index in [4.69, 9.17) is 0 Å². The second-order valence-electron chi connectivity index (χ2n) is 5.43.